The molecule has 0 fully saturated rings. The Bertz CT molecular complexity index is 198. The van der Waals surface area contributed by atoms with Crippen LogP contribution in [0, 0.1) is 17.8 Å². The Kier molecular flexibility index (Phi) is 7.10. The molecule has 0 heterocycles. The van der Waals surface area contributed by atoms with Crippen molar-refractivity contribution in [3.05, 3.63) is 0 Å². The summed E-state index contributed by atoms with van der Waals surface area (Å²) in [6.07, 6.45) is 2.34. The van der Waals surface area contributed by atoms with E-state index in [0.29, 0.717) is 13.0 Å². The van der Waals surface area contributed by atoms with E-state index in [9.17, 15) is 4.79 Å². The van der Waals surface area contributed by atoms with E-state index < -0.39 is 0 Å². The van der Waals surface area contributed by atoms with Gasteiger partial charge in [0.1, 0.15) is 6.61 Å². The SMILES string of the molecule is CCC#CCCOC(=O)C(C)CC. The van der Waals surface area contributed by atoms with E-state index >= 15 is 0 Å². The smallest absolute Gasteiger partial charge is 0.308 e. The second-order valence-corrected chi connectivity index (χ2v) is 2.93. The van der Waals surface area contributed by atoms with Gasteiger partial charge >= 0.3 is 5.97 Å². The summed E-state index contributed by atoms with van der Waals surface area (Å²) in [4.78, 5) is 11.1. The quantitative estimate of drug-likeness (QED) is 0.379. The summed E-state index contributed by atoms with van der Waals surface area (Å²) < 4.78 is 5.00. The molecule has 0 radical (unpaired) electrons. The van der Waals surface area contributed by atoms with E-state index in [0.717, 1.165) is 12.8 Å². The predicted molar refractivity (Wildman–Crippen MR) is 53.1 cm³/mol. The first-order valence-corrected chi connectivity index (χ1v) is 4.84. The average Bonchev–Trinajstić information content (AvgIpc) is 2.16. The Hall–Kier alpha value is -0.970. The van der Waals surface area contributed by atoms with E-state index in [1.54, 1.807) is 0 Å². The topological polar surface area (TPSA) is 26.3 Å². The number of rotatable bonds is 4. The van der Waals surface area contributed by atoms with E-state index in [-0.39, 0.29) is 11.9 Å². The Morgan fingerprint density at radius 1 is 1.38 bits per heavy atom. The van der Waals surface area contributed by atoms with Crippen LogP contribution in [0.25, 0.3) is 0 Å². The van der Waals surface area contributed by atoms with Gasteiger partial charge in [0.25, 0.3) is 0 Å². The highest BCUT2D eigenvalue weighted by molar-refractivity contribution is 5.71. The average molecular weight is 182 g/mol. The normalized spacial score (nSPS) is 11.3. The lowest BCUT2D eigenvalue weighted by atomic mass is 10.1. The molecule has 74 valence electrons. The van der Waals surface area contributed by atoms with Crippen molar-refractivity contribution in [2.75, 3.05) is 6.61 Å². The van der Waals surface area contributed by atoms with Crippen LogP contribution in [0.1, 0.15) is 40.0 Å². The number of hydrogen-bond acceptors (Lipinski definition) is 2. The molecule has 0 aromatic heterocycles. The van der Waals surface area contributed by atoms with Crippen molar-refractivity contribution in [2.24, 2.45) is 5.92 Å². The van der Waals surface area contributed by atoms with Crippen LogP contribution >= 0.6 is 0 Å². The van der Waals surface area contributed by atoms with E-state index in [1.165, 1.54) is 0 Å². The fourth-order valence-corrected chi connectivity index (χ4v) is 0.725. The lowest BCUT2D eigenvalue weighted by Crippen LogP contribution is -2.14. The molecule has 0 aliphatic rings. The van der Waals surface area contributed by atoms with Gasteiger partial charge < -0.3 is 4.74 Å². The molecular formula is C11H18O2. The van der Waals surface area contributed by atoms with Gasteiger partial charge in [0.15, 0.2) is 0 Å². The minimum atomic E-state index is -0.110. The summed E-state index contributed by atoms with van der Waals surface area (Å²) in [6.45, 7) is 6.28. The molecule has 1 unspecified atom stereocenters. The highest BCUT2D eigenvalue weighted by atomic mass is 16.5. The van der Waals surface area contributed by atoms with Gasteiger partial charge in [0.05, 0.1) is 5.92 Å². The van der Waals surface area contributed by atoms with Crippen molar-refractivity contribution in [1.29, 1.82) is 0 Å². The molecule has 0 rings (SSSR count). The molecule has 0 bridgehead atoms. The fraction of sp³-hybridized carbons (Fsp3) is 0.727. The first kappa shape index (κ1) is 12.0. The number of esters is 1. The molecule has 1 atom stereocenters. The molecule has 0 spiro atoms. The molecule has 0 N–H and O–H groups in total. The predicted octanol–water partition coefficient (Wildman–Crippen LogP) is 2.38. The molecule has 0 aliphatic heterocycles. The van der Waals surface area contributed by atoms with Crippen molar-refractivity contribution >= 4 is 5.97 Å². The Balaban J connectivity index is 3.48. The summed E-state index contributed by atoms with van der Waals surface area (Å²) in [6, 6.07) is 0. The number of carbonyl (C=O) groups excluding carboxylic acids is 1. The van der Waals surface area contributed by atoms with Crippen LogP contribution in [-0.2, 0) is 9.53 Å². The zero-order valence-corrected chi connectivity index (χ0v) is 8.72. The second kappa shape index (κ2) is 7.67. The maximum Gasteiger partial charge on any atom is 0.308 e. The molecule has 0 aliphatic carbocycles. The monoisotopic (exact) mass is 182 g/mol. The van der Waals surface area contributed by atoms with Crippen LogP contribution in [0.5, 0.6) is 0 Å². The molecule has 2 heteroatoms. The van der Waals surface area contributed by atoms with E-state index in [1.807, 2.05) is 20.8 Å². The summed E-state index contributed by atoms with van der Waals surface area (Å²) in [5, 5.41) is 0. The second-order valence-electron chi connectivity index (χ2n) is 2.93. The van der Waals surface area contributed by atoms with Crippen molar-refractivity contribution in [2.45, 2.75) is 40.0 Å². The van der Waals surface area contributed by atoms with Crippen LogP contribution in [0.15, 0.2) is 0 Å². The largest absolute Gasteiger partial charge is 0.464 e. The van der Waals surface area contributed by atoms with Gasteiger partial charge in [-0.05, 0) is 6.42 Å². The first-order valence-electron chi connectivity index (χ1n) is 4.84. The number of ether oxygens (including phenoxy) is 1. The van der Waals surface area contributed by atoms with Gasteiger partial charge in [-0.15, -0.1) is 5.92 Å². The van der Waals surface area contributed by atoms with Gasteiger partial charge in [0.2, 0.25) is 0 Å². The standard InChI is InChI=1S/C11H18O2/c1-4-6-7-8-9-13-11(12)10(3)5-2/h10H,4-5,8-9H2,1-3H3. The van der Waals surface area contributed by atoms with E-state index in [4.69, 9.17) is 4.74 Å². The summed E-state index contributed by atoms with van der Waals surface area (Å²) in [5.74, 6) is 5.75. The fourth-order valence-electron chi connectivity index (χ4n) is 0.725. The molecular weight excluding hydrogens is 164 g/mol. The minimum Gasteiger partial charge on any atom is -0.464 e. The molecule has 0 saturated carbocycles. The Morgan fingerprint density at radius 2 is 2.08 bits per heavy atom. The zero-order chi connectivity index (χ0) is 10.1. The molecule has 0 aromatic rings. The molecule has 0 saturated heterocycles. The first-order chi connectivity index (χ1) is 6.22. The van der Waals surface area contributed by atoms with Crippen molar-refractivity contribution < 1.29 is 9.53 Å². The third-order valence-corrected chi connectivity index (χ3v) is 1.79. The minimum absolute atomic E-state index is 0.0131. The van der Waals surface area contributed by atoms with Gasteiger partial charge in [-0.1, -0.05) is 26.7 Å². The lowest BCUT2D eigenvalue weighted by molar-refractivity contribution is -0.147. The Morgan fingerprint density at radius 3 is 2.62 bits per heavy atom. The van der Waals surface area contributed by atoms with Gasteiger partial charge in [-0.3, -0.25) is 4.79 Å². The summed E-state index contributed by atoms with van der Waals surface area (Å²) in [7, 11) is 0. The molecule has 13 heavy (non-hydrogen) atoms. The van der Waals surface area contributed by atoms with Gasteiger partial charge in [-0.25, -0.2) is 0 Å². The van der Waals surface area contributed by atoms with Crippen LogP contribution in [-0.4, -0.2) is 12.6 Å². The van der Waals surface area contributed by atoms with Crippen LogP contribution in [0.4, 0.5) is 0 Å². The summed E-state index contributed by atoms with van der Waals surface area (Å²) in [5.41, 5.74) is 0. The zero-order valence-electron chi connectivity index (χ0n) is 8.72. The van der Waals surface area contributed by atoms with Crippen molar-refractivity contribution in [3.63, 3.8) is 0 Å². The maximum absolute atomic E-state index is 11.1. The summed E-state index contributed by atoms with van der Waals surface area (Å²) >= 11 is 0. The molecule has 0 aromatic carbocycles. The van der Waals surface area contributed by atoms with Crippen molar-refractivity contribution in [3.8, 4) is 11.8 Å². The van der Waals surface area contributed by atoms with Crippen LogP contribution in [0.2, 0.25) is 0 Å². The Labute approximate surface area is 80.7 Å². The molecule has 2 nitrogen and oxygen atoms in total. The lowest BCUT2D eigenvalue weighted by Gasteiger charge is -2.06. The van der Waals surface area contributed by atoms with Gasteiger partial charge in [-0.2, -0.15) is 0 Å². The maximum atomic E-state index is 11.1. The van der Waals surface area contributed by atoms with E-state index in [2.05, 4.69) is 11.8 Å². The number of carbonyl (C=O) groups is 1. The highest BCUT2D eigenvalue weighted by Crippen LogP contribution is 2.02. The van der Waals surface area contributed by atoms with Gasteiger partial charge in [0, 0.05) is 12.8 Å². The van der Waals surface area contributed by atoms with Crippen LogP contribution in [0.3, 0.4) is 0 Å². The molecule has 0 amide bonds. The highest BCUT2D eigenvalue weighted by Gasteiger charge is 2.10. The third kappa shape index (κ3) is 6.21. The van der Waals surface area contributed by atoms with Crippen molar-refractivity contribution in [1.82, 2.24) is 0 Å². The third-order valence-electron chi connectivity index (χ3n) is 1.79. The number of hydrogen-bond donors (Lipinski definition) is 0. The van der Waals surface area contributed by atoms with Crippen LogP contribution < -0.4 is 0 Å².